The molecule has 0 saturated carbocycles. The average molecular weight is 576 g/mol. The second-order valence-corrected chi connectivity index (χ2v) is 9.94. The summed E-state index contributed by atoms with van der Waals surface area (Å²) in [4.78, 5) is 53.4. The van der Waals surface area contributed by atoms with E-state index in [1.54, 1.807) is 18.2 Å². The van der Waals surface area contributed by atoms with E-state index in [4.69, 9.17) is 14.6 Å². The van der Waals surface area contributed by atoms with Crippen molar-refractivity contribution in [2.45, 2.75) is 45.4 Å². The Morgan fingerprint density at radius 3 is 1.93 bits per heavy atom. The number of carbonyl (C=O) groups is 5. The first-order valence-corrected chi connectivity index (χ1v) is 13.8. The smallest absolute Gasteiger partial charge is 0.311 e. The number of esters is 1. The van der Waals surface area contributed by atoms with Crippen molar-refractivity contribution in [2.75, 3.05) is 0 Å². The van der Waals surface area contributed by atoms with E-state index in [-0.39, 0.29) is 17.6 Å². The SMILES string of the molecule is C=O.Cc1cc(/C=C2\SC(=O)NC2=O)ccc1OC(=O)CCCc1ccccc1.O=C(O)CCCc1ccccc1. The Morgan fingerprint density at radius 2 is 1.44 bits per heavy atom. The Balaban J connectivity index is 0.000000352. The predicted octanol–water partition coefficient (Wildman–Crippen LogP) is 6.16. The van der Waals surface area contributed by atoms with Gasteiger partial charge in [-0.3, -0.25) is 24.5 Å². The second-order valence-electron chi connectivity index (χ2n) is 8.92. The van der Waals surface area contributed by atoms with Gasteiger partial charge in [0.15, 0.2) is 0 Å². The van der Waals surface area contributed by atoms with Crippen molar-refractivity contribution in [3.63, 3.8) is 0 Å². The largest absolute Gasteiger partial charge is 0.481 e. The predicted molar refractivity (Wildman–Crippen MR) is 159 cm³/mol. The van der Waals surface area contributed by atoms with E-state index in [9.17, 15) is 19.2 Å². The molecular formula is C32H33NO7S. The van der Waals surface area contributed by atoms with Gasteiger partial charge in [-0.15, -0.1) is 0 Å². The van der Waals surface area contributed by atoms with Crippen LogP contribution in [0, 0.1) is 6.92 Å². The van der Waals surface area contributed by atoms with Gasteiger partial charge in [0.2, 0.25) is 0 Å². The number of aliphatic carboxylic acids is 1. The van der Waals surface area contributed by atoms with Crippen LogP contribution in [0.4, 0.5) is 4.79 Å². The molecule has 3 aromatic rings. The zero-order valence-electron chi connectivity index (χ0n) is 22.8. The molecule has 2 N–H and O–H groups in total. The van der Waals surface area contributed by atoms with Gasteiger partial charge >= 0.3 is 11.9 Å². The quantitative estimate of drug-likeness (QED) is 0.167. The van der Waals surface area contributed by atoms with Crippen molar-refractivity contribution >= 4 is 47.7 Å². The van der Waals surface area contributed by atoms with E-state index < -0.39 is 11.9 Å². The molecular weight excluding hydrogens is 542 g/mol. The second kappa shape index (κ2) is 18.0. The van der Waals surface area contributed by atoms with E-state index in [1.165, 1.54) is 11.1 Å². The van der Waals surface area contributed by atoms with Gasteiger partial charge in [-0.05, 0) is 84.8 Å². The summed E-state index contributed by atoms with van der Waals surface area (Å²) in [5.41, 5.74) is 3.96. The number of rotatable bonds is 10. The highest BCUT2D eigenvalue weighted by atomic mass is 32.2. The molecule has 1 aliphatic rings. The third-order valence-electron chi connectivity index (χ3n) is 5.75. The van der Waals surface area contributed by atoms with Crippen LogP contribution in [-0.2, 0) is 32.0 Å². The highest BCUT2D eigenvalue weighted by molar-refractivity contribution is 8.18. The molecule has 1 aliphatic heterocycles. The molecule has 9 heteroatoms. The number of carboxylic acids is 1. The third kappa shape index (κ3) is 12.5. The molecule has 41 heavy (non-hydrogen) atoms. The van der Waals surface area contributed by atoms with Gasteiger partial charge in [0.05, 0.1) is 4.91 Å². The van der Waals surface area contributed by atoms with Crippen molar-refractivity contribution < 1.29 is 33.8 Å². The van der Waals surface area contributed by atoms with Crippen LogP contribution in [0.5, 0.6) is 5.75 Å². The van der Waals surface area contributed by atoms with Gasteiger partial charge in [-0.2, -0.15) is 0 Å². The molecule has 0 spiro atoms. The Kier molecular flexibility index (Phi) is 14.3. The number of carbonyl (C=O) groups excluding carboxylic acids is 4. The lowest BCUT2D eigenvalue weighted by Gasteiger charge is -2.08. The molecule has 0 radical (unpaired) electrons. The fourth-order valence-electron chi connectivity index (χ4n) is 3.79. The zero-order valence-corrected chi connectivity index (χ0v) is 23.7. The maximum Gasteiger partial charge on any atom is 0.311 e. The van der Waals surface area contributed by atoms with Gasteiger partial charge in [0.1, 0.15) is 12.5 Å². The minimum atomic E-state index is -0.717. The first-order chi connectivity index (χ1) is 19.8. The fraction of sp³-hybridized carbons (Fsp3) is 0.219. The van der Waals surface area contributed by atoms with Crippen LogP contribution in [0.3, 0.4) is 0 Å². The summed E-state index contributed by atoms with van der Waals surface area (Å²) in [6.07, 6.45) is 5.39. The number of hydrogen-bond acceptors (Lipinski definition) is 7. The lowest BCUT2D eigenvalue weighted by atomic mass is 10.1. The monoisotopic (exact) mass is 575 g/mol. The number of nitrogens with one attached hydrogen (secondary N) is 1. The highest BCUT2D eigenvalue weighted by Gasteiger charge is 2.25. The molecule has 214 valence electrons. The molecule has 0 aromatic heterocycles. The van der Waals surface area contributed by atoms with Gasteiger partial charge < -0.3 is 14.6 Å². The number of ether oxygens (including phenoxy) is 1. The fourth-order valence-corrected chi connectivity index (χ4v) is 4.48. The molecule has 1 fully saturated rings. The lowest BCUT2D eigenvalue weighted by Crippen LogP contribution is -2.17. The Morgan fingerprint density at radius 1 is 0.878 bits per heavy atom. The first-order valence-electron chi connectivity index (χ1n) is 12.9. The van der Waals surface area contributed by atoms with E-state index in [0.29, 0.717) is 17.1 Å². The van der Waals surface area contributed by atoms with Crippen LogP contribution in [0.15, 0.2) is 83.8 Å². The summed E-state index contributed by atoms with van der Waals surface area (Å²) in [5.74, 6) is -0.875. The Bertz CT molecular complexity index is 1340. The maximum absolute atomic E-state index is 12.1. The summed E-state index contributed by atoms with van der Waals surface area (Å²) in [5, 5.41) is 10.2. The number of carboxylic acid groups (broad SMARTS) is 1. The number of thioether (sulfide) groups is 1. The molecule has 0 aliphatic carbocycles. The highest BCUT2D eigenvalue weighted by Crippen LogP contribution is 2.27. The minimum absolute atomic E-state index is 0.259. The average Bonchev–Trinajstić information content (AvgIpc) is 3.28. The van der Waals surface area contributed by atoms with Crippen LogP contribution < -0.4 is 10.1 Å². The molecule has 0 unspecified atom stereocenters. The Labute approximate surface area is 243 Å². The molecule has 3 aromatic carbocycles. The van der Waals surface area contributed by atoms with Crippen LogP contribution in [0.1, 0.15) is 47.9 Å². The molecule has 1 saturated heterocycles. The van der Waals surface area contributed by atoms with E-state index >= 15 is 0 Å². The van der Waals surface area contributed by atoms with Crippen LogP contribution >= 0.6 is 11.8 Å². The van der Waals surface area contributed by atoms with Crippen LogP contribution in [0.25, 0.3) is 6.08 Å². The van der Waals surface area contributed by atoms with E-state index in [1.807, 2.05) is 80.4 Å². The lowest BCUT2D eigenvalue weighted by molar-refractivity contribution is -0.137. The minimum Gasteiger partial charge on any atom is -0.481 e. The van der Waals surface area contributed by atoms with Crippen molar-refractivity contribution in [3.8, 4) is 5.75 Å². The molecule has 2 amide bonds. The molecule has 1 heterocycles. The summed E-state index contributed by atoms with van der Waals surface area (Å²) in [6.45, 7) is 3.83. The van der Waals surface area contributed by atoms with Crippen molar-refractivity contribution in [1.82, 2.24) is 5.32 Å². The molecule has 0 bridgehead atoms. The van der Waals surface area contributed by atoms with Gasteiger partial charge in [-0.1, -0.05) is 66.7 Å². The van der Waals surface area contributed by atoms with Crippen LogP contribution in [0.2, 0.25) is 0 Å². The number of amides is 2. The number of benzene rings is 3. The van der Waals surface area contributed by atoms with Crippen molar-refractivity contribution in [3.05, 3.63) is 106 Å². The third-order valence-corrected chi connectivity index (χ3v) is 6.56. The summed E-state index contributed by atoms with van der Waals surface area (Å²) in [7, 11) is 0. The van der Waals surface area contributed by atoms with E-state index in [2.05, 4.69) is 5.32 Å². The first kappa shape index (κ1) is 32.7. The van der Waals surface area contributed by atoms with Crippen molar-refractivity contribution in [2.24, 2.45) is 0 Å². The molecule has 8 nitrogen and oxygen atoms in total. The van der Waals surface area contributed by atoms with Crippen LogP contribution in [-0.4, -0.2) is 35.0 Å². The number of hydrogen-bond donors (Lipinski definition) is 2. The molecule has 0 atom stereocenters. The number of aryl methyl sites for hydroxylation is 3. The topological polar surface area (TPSA) is 127 Å². The van der Waals surface area contributed by atoms with Gasteiger partial charge in [-0.25, -0.2) is 0 Å². The zero-order chi connectivity index (χ0) is 30.0. The van der Waals surface area contributed by atoms with Gasteiger partial charge in [0, 0.05) is 12.8 Å². The standard InChI is InChI=1S/C21H19NO4S.C10H12O2.CH2O/c1-14-12-16(13-18-20(24)22-21(25)27-18)10-11-17(14)26-19(23)9-5-8-15-6-3-2-4-7-15;11-10(12)8-4-7-9-5-2-1-3-6-9;1-2/h2-4,6-7,10-13H,5,8-9H2,1H3,(H,22,24,25);1-3,5-6H,4,7-8H2,(H,11,12);1H2/b18-13-;;. The van der Waals surface area contributed by atoms with Crippen molar-refractivity contribution in [1.29, 1.82) is 0 Å². The molecule has 4 rings (SSSR count). The summed E-state index contributed by atoms with van der Waals surface area (Å²) >= 11 is 0.873. The summed E-state index contributed by atoms with van der Waals surface area (Å²) in [6, 6.07) is 25.2. The maximum atomic E-state index is 12.1. The van der Waals surface area contributed by atoms with Gasteiger partial charge in [0.25, 0.3) is 11.1 Å². The van der Waals surface area contributed by atoms with E-state index in [0.717, 1.165) is 48.6 Å². The Hall–Kier alpha value is -4.50. The number of imide groups is 1. The normalized spacial score (nSPS) is 12.9. The summed E-state index contributed by atoms with van der Waals surface area (Å²) < 4.78 is 5.45.